The number of aromatic nitrogens is 1. The van der Waals surface area contributed by atoms with E-state index >= 15 is 0 Å². The van der Waals surface area contributed by atoms with Crippen LogP contribution in [0.2, 0.25) is 0 Å². The van der Waals surface area contributed by atoms with E-state index in [2.05, 4.69) is 4.98 Å². The monoisotopic (exact) mass is 438 g/mol. The lowest BCUT2D eigenvalue weighted by atomic mass is 9.88. The van der Waals surface area contributed by atoms with Crippen molar-refractivity contribution in [3.05, 3.63) is 53.0 Å². The summed E-state index contributed by atoms with van der Waals surface area (Å²) < 4.78 is 12.0. The van der Waals surface area contributed by atoms with Crippen molar-refractivity contribution in [1.82, 2.24) is 4.98 Å². The number of carbonyl (C=O) groups is 2. The van der Waals surface area contributed by atoms with Gasteiger partial charge in [0.1, 0.15) is 17.4 Å². The molecule has 2 amide bonds. The number of nitrogens with zero attached hydrogens (tertiary/aromatic N) is 2. The molecule has 6 nitrogen and oxygen atoms in total. The second-order valence-electron chi connectivity index (χ2n) is 7.79. The fourth-order valence-corrected chi connectivity index (χ4v) is 4.91. The first-order valence-corrected chi connectivity index (χ1v) is 11.4. The molecule has 0 radical (unpaired) electrons. The molecule has 0 spiro atoms. The van der Waals surface area contributed by atoms with Gasteiger partial charge in [-0.15, -0.1) is 11.3 Å². The molecular formula is C24H26N2O4S. The predicted molar refractivity (Wildman–Crippen MR) is 122 cm³/mol. The maximum absolute atomic E-state index is 13.1. The largest absolute Gasteiger partial charge is 0.486 e. The quantitative estimate of drug-likeness (QED) is 0.499. The number of fused-ring (bicyclic) bond motifs is 1. The van der Waals surface area contributed by atoms with Gasteiger partial charge in [-0.1, -0.05) is 31.4 Å². The lowest BCUT2D eigenvalue weighted by Gasteiger charge is -2.28. The lowest BCUT2D eigenvalue weighted by molar-refractivity contribution is -0.122. The topological polar surface area (TPSA) is 68.7 Å². The minimum atomic E-state index is -0.651. The van der Waals surface area contributed by atoms with Gasteiger partial charge in [-0.05, 0) is 55.7 Å². The standard InChI is InChI=1S/C24H26N2O4S/c1-16-14-18(30-15-22-25-19-10-6-7-11-21(19)31-22)12-13-20(16)26(24(28)29-2)23(27)17-8-4-3-5-9-17/h6-7,10-14,17H,3-5,8-9,15H2,1-2H3. The van der Waals surface area contributed by atoms with Gasteiger partial charge in [0, 0.05) is 5.92 Å². The van der Waals surface area contributed by atoms with Crippen molar-refractivity contribution in [3.8, 4) is 5.75 Å². The van der Waals surface area contributed by atoms with E-state index in [1.54, 1.807) is 23.5 Å². The number of hydrogen-bond acceptors (Lipinski definition) is 6. The van der Waals surface area contributed by atoms with E-state index in [0.29, 0.717) is 18.0 Å². The fourth-order valence-electron chi connectivity index (χ4n) is 4.03. The molecule has 7 heteroatoms. The van der Waals surface area contributed by atoms with E-state index in [-0.39, 0.29) is 11.8 Å². The van der Waals surface area contributed by atoms with Crippen molar-refractivity contribution in [2.75, 3.05) is 12.0 Å². The Morgan fingerprint density at radius 3 is 2.61 bits per heavy atom. The van der Waals surface area contributed by atoms with Crippen LogP contribution in [0.1, 0.15) is 42.7 Å². The van der Waals surface area contributed by atoms with E-state index in [1.807, 2.05) is 37.3 Å². The number of ether oxygens (including phenoxy) is 2. The molecule has 1 aromatic heterocycles. The van der Waals surface area contributed by atoms with Crippen LogP contribution in [-0.2, 0) is 16.1 Å². The second kappa shape index (κ2) is 9.47. The number of amides is 2. The Labute approximate surface area is 185 Å². The first-order chi connectivity index (χ1) is 15.1. The molecule has 162 valence electrons. The molecule has 1 aliphatic rings. The van der Waals surface area contributed by atoms with Crippen molar-refractivity contribution < 1.29 is 19.1 Å². The number of anilines is 1. The molecule has 4 rings (SSSR count). The average molecular weight is 439 g/mol. The third-order valence-electron chi connectivity index (χ3n) is 5.64. The van der Waals surface area contributed by atoms with Gasteiger partial charge in [-0.3, -0.25) is 4.79 Å². The van der Waals surface area contributed by atoms with Gasteiger partial charge in [0.15, 0.2) is 0 Å². The molecule has 3 aromatic rings. The van der Waals surface area contributed by atoms with Gasteiger partial charge in [0.2, 0.25) is 5.91 Å². The third kappa shape index (κ3) is 4.71. The molecule has 1 heterocycles. The summed E-state index contributed by atoms with van der Waals surface area (Å²) in [5, 5.41) is 0.895. The molecule has 1 saturated carbocycles. The summed E-state index contributed by atoms with van der Waals surface area (Å²) in [5.41, 5.74) is 2.28. The summed E-state index contributed by atoms with van der Waals surface area (Å²) in [7, 11) is 1.30. The number of aryl methyl sites for hydroxylation is 1. The molecule has 0 atom stereocenters. The summed E-state index contributed by atoms with van der Waals surface area (Å²) in [6.45, 7) is 2.23. The van der Waals surface area contributed by atoms with Gasteiger partial charge in [0.05, 0.1) is 23.0 Å². The molecule has 1 fully saturated rings. The predicted octanol–water partition coefficient (Wildman–Crippen LogP) is 5.86. The lowest BCUT2D eigenvalue weighted by Crippen LogP contribution is -2.42. The number of benzene rings is 2. The van der Waals surface area contributed by atoms with Crippen LogP contribution in [-0.4, -0.2) is 24.1 Å². The number of methoxy groups -OCH3 is 1. The van der Waals surface area contributed by atoms with Crippen LogP contribution < -0.4 is 9.64 Å². The van der Waals surface area contributed by atoms with Crippen molar-refractivity contribution in [3.63, 3.8) is 0 Å². The Kier molecular flexibility index (Phi) is 6.51. The normalized spacial score (nSPS) is 14.4. The van der Waals surface area contributed by atoms with Crippen LogP contribution in [0.5, 0.6) is 5.75 Å². The van der Waals surface area contributed by atoms with Gasteiger partial charge in [-0.2, -0.15) is 0 Å². The first kappa shape index (κ1) is 21.3. The maximum Gasteiger partial charge on any atom is 0.420 e. The first-order valence-electron chi connectivity index (χ1n) is 10.6. The third-order valence-corrected chi connectivity index (χ3v) is 6.65. The molecule has 2 aromatic carbocycles. The molecule has 0 N–H and O–H groups in total. The van der Waals surface area contributed by atoms with Crippen LogP contribution in [0.3, 0.4) is 0 Å². The minimum absolute atomic E-state index is 0.137. The SMILES string of the molecule is COC(=O)N(C(=O)C1CCCCC1)c1ccc(OCc2nc3ccccc3s2)cc1C. The molecule has 1 aliphatic carbocycles. The zero-order valence-electron chi connectivity index (χ0n) is 17.8. The van der Waals surface area contributed by atoms with Crippen molar-refractivity contribution in [1.29, 1.82) is 0 Å². The highest BCUT2D eigenvalue weighted by atomic mass is 32.1. The summed E-state index contributed by atoms with van der Waals surface area (Å²) in [4.78, 5) is 31.4. The van der Waals surface area contributed by atoms with Gasteiger partial charge < -0.3 is 9.47 Å². The summed E-state index contributed by atoms with van der Waals surface area (Å²) in [6.07, 6.45) is 4.15. The second-order valence-corrected chi connectivity index (χ2v) is 8.91. The van der Waals surface area contributed by atoms with Gasteiger partial charge in [0.25, 0.3) is 0 Å². The zero-order chi connectivity index (χ0) is 21.8. The fraction of sp³-hybridized carbons (Fsp3) is 0.375. The molecular weight excluding hydrogens is 412 g/mol. The number of thiazole rings is 1. The number of para-hydroxylation sites is 1. The summed E-state index contributed by atoms with van der Waals surface area (Å²) >= 11 is 1.61. The summed E-state index contributed by atoms with van der Waals surface area (Å²) in [6, 6.07) is 13.4. The van der Waals surface area contributed by atoms with Crippen molar-refractivity contribution in [2.24, 2.45) is 5.92 Å². The van der Waals surface area contributed by atoms with E-state index in [1.165, 1.54) is 12.0 Å². The highest BCUT2D eigenvalue weighted by molar-refractivity contribution is 7.18. The Bertz CT molecular complexity index is 1060. The maximum atomic E-state index is 13.1. The van der Waals surface area contributed by atoms with Crippen LogP contribution in [0, 0.1) is 12.8 Å². The highest BCUT2D eigenvalue weighted by Crippen LogP contribution is 2.31. The van der Waals surface area contributed by atoms with Crippen LogP contribution >= 0.6 is 11.3 Å². The molecule has 0 unspecified atom stereocenters. The molecule has 0 saturated heterocycles. The molecule has 0 aliphatic heterocycles. The van der Waals surface area contributed by atoms with E-state index < -0.39 is 6.09 Å². The average Bonchev–Trinajstić information content (AvgIpc) is 3.22. The molecule has 31 heavy (non-hydrogen) atoms. The smallest absolute Gasteiger partial charge is 0.420 e. The number of imide groups is 1. The summed E-state index contributed by atoms with van der Waals surface area (Å²) in [5.74, 6) is 0.343. The number of carbonyl (C=O) groups excluding carboxylic acids is 2. The minimum Gasteiger partial charge on any atom is -0.486 e. The number of rotatable bonds is 5. The Morgan fingerprint density at radius 2 is 1.90 bits per heavy atom. The van der Waals surface area contributed by atoms with Crippen LogP contribution in [0.25, 0.3) is 10.2 Å². The zero-order valence-corrected chi connectivity index (χ0v) is 18.6. The van der Waals surface area contributed by atoms with E-state index in [0.717, 1.165) is 52.9 Å². The Hall–Kier alpha value is -2.93. The van der Waals surface area contributed by atoms with Gasteiger partial charge >= 0.3 is 6.09 Å². The van der Waals surface area contributed by atoms with Crippen molar-refractivity contribution in [2.45, 2.75) is 45.6 Å². The Morgan fingerprint density at radius 1 is 1.13 bits per heavy atom. The van der Waals surface area contributed by atoms with Crippen molar-refractivity contribution >= 4 is 39.2 Å². The Balaban J connectivity index is 1.51. The highest BCUT2D eigenvalue weighted by Gasteiger charge is 2.32. The van der Waals surface area contributed by atoms with Gasteiger partial charge in [-0.25, -0.2) is 14.7 Å². The van der Waals surface area contributed by atoms with Crippen LogP contribution in [0.4, 0.5) is 10.5 Å². The van der Waals surface area contributed by atoms with E-state index in [4.69, 9.17) is 9.47 Å². The van der Waals surface area contributed by atoms with E-state index in [9.17, 15) is 9.59 Å². The number of hydrogen-bond donors (Lipinski definition) is 0. The molecule has 0 bridgehead atoms. The van der Waals surface area contributed by atoms with Crippen LogP contribution in [0.15, 0.2) is 42.5 Å².